The Bertz CT molecular complexity index is 1380. The SMILES string of the molecule is COc1ccc2c(n1)n1cccc1c(=O)n2CCCN1CCC(Oc2ccc(Cl)c(Cl)c2)CC1. The first kappa shape index (κ1) is 23.0. The lowest BCUT2D eigenvalue weighted by atomic mass is 10.1. The second kappa shape index (κ2) is 9.86. The molecule has 0 aliphatic carbocycles. The van der Waals surface area contributed by atoms with Crippen LogP contribution in [0.3, 0.4) is 0 Å². The molecule has 1 fully saturated rings. The van der Waals surface area contributed by atoms with Crippen LogP contribution in [0.4, 0.5) is 0 Å². The van der Waals surface area contributed by atoms with Gasteiger partial charge in [0.05, 0.1) is 22.7 Å². The summed E-state index contributed by atoms with van der Waals surface area (Å²) in [4.78, 5) is 20.2. The fourth-order valence-electron chi connectivity index (χ4n) is 4.58. The molecule has 0 unspecified atom stereocenters. The number of halogens is 2. The Morgan fingerprint density at radius 3 is 2.62 bits per heavy atom. The first-order valence-electron chi connectivity index (χ1n) is 11.4. The molecule has 3 aromatic heterocycles. The van der Waals surface area contributed by atoms with Crippen LogP contribution in [0, 0.1) is 0 Å². The van der Waals surface area contributed by atoms with E-state index >= 15 is 0 Å². The van der Waals surface area contributed by atoms with E-state index < -0.39 is 0 Å². The quantitative estimate of drug-likeness (QED) is 0.361. The van der Waals surface area contributed by atoms with Crippen LogP contribution in [0.15, 0.2) is 53.5 Å². The summed E-state index contributed by atoms with van der Waals surface area (Å²) in [5, 5.41) is 1.04. The molecular formula is C25H26Cl2N4O3. The number of methoxy groups -OCH3 is 1. The van der Waals surface area contributed by atoms with Crippen molar-refractivity contribution in [1.29, 1.82) is 0 Å². The fraction of sp³-hybridized carbons (Fsp3) is 0.360. The third-order valence-electron chi connectivity index (χ3n) is 6.35. The molecule has 4 aromatic rings. The van der Waals surface area contributed by atoms with E-state index in [2.05, 4.69) is 9.88 Å². The third-order valence-corrected chi connectivity index (χ3v) is 7.09. The zero-order chi connectivity index (χ0) is 23.7. The van der Waals surface area contributed by atoms with Crippen molar-refractivity contribution in [1.82, 2.24) is 18.9 Å². The molecule has 0 atom stereocenters. The average Bonchev–Trinajstić information content (AvgIpc) is 3.35. The number of pyridine rings is 1. The topological polar surface area (TPSA) is 61.0 Å². The minimum atomic E-state index is -0.00167. The molecule has 0 amide bonds. The van der Waals surface area contributed by atoms with Crippen molar-refractivity contribution >= 4 is 39.9 Å². The van der Waals surface area contributed by atoms with Gasteiger partial charge in [0.1, 0.15) is 17.4 Å². The zero-order valence-electron chi connectivity index (χ0n) is 18.9. The van der Waals surface area contributed by atoms with Crippen LogP contribution in [-0.4, -0.2) is 51.7 Å². The van der Waals surface area contributed by atoms with E-state index in [0.717, 1.165) is 55.8 Å². The number of benzene rings is 1. The van der Waals surface area contributed by atoms with Gasteiger partial charge in [0.2, 0.25) is 5.88 Å². The lowest BCUT2D eigenvalue weighted by molar-refractivity contribution is 0.0993. The van der Waals surface area contributed by atoms with Crippen LogP contribution in [0.5, 0.6) is 11.6 Å². The monoisotopic (exact) mass is 500 g/mol. The van der Waals surface area contributed by atoms with Gasteiger partial charge in [-0.3, -0.25) is 9.20 Å². The Balaban J connectivity index is 1.21. The summed E-state index contributed by atoms with van der Waals surface area (Å²) in [6.45, 7) is 3.46. The maximum Gasteiger partial charge on any atom is 0.275 e. The van der Waals surface area contributed by atoms with Crippen LogP contribution in [0.1, 0.15) is 19.3 Å². The second-order valence-electron chi connectivity index (χ2n) is 8.50. The van der Waals surface area contributed by atoms with Crippen molar-refractivity contribution in [2.75, 3.05) is 26.7 Å². The molecule has 0 saturated carbocycles. The molecule has 1 aliphatic rings. The summed E-state index contributed by atoms with van der Waals surface area (Å²) >= 11 is 12.1. The molecule has 178 valence electrons. The van der Waals surface area contributed by atoms with Gasteiger partial charge in [-0.2, -0.15) is 4.98 Å². The van der Waals surface area contributed by atoms with E-state index in [1.165, 1.54) is 0 Å². The predicted octanol–water partition coefficient (Wildman–Crippen LogP) is 4.90. The Morgan fingerprint density at radius 2 is 1.85 bits per heavy atom. The second-order valence-corrected chi connectivity index (χ2v) is 9.32. The van der Waals surface area contributed by atoms with Gasteiger partial charge < -0.3 is 18.9 Å². The molecule has 34 heavy (non-hydrogen) atoms. The number of ether oxygens (including phenoxy) is 2. The van der Waals surface area contributed by atoms with E-state index in [9.17, 15) is 4.79 Å². The van der Waals surface area contributed by atoms with Crippen LogP contribution in [0.2, 0.25) is 10.0 Å². The number of likely N-dealkylation sites (tertiary alicyclic amines) is 1. The molecule has 9 heteroatoms. The van der Waals surface area contributed by atoms with Crippen molar-refractivity contribution in [2.24, 2.45) is 0 Å². The summed E-state index contributed by atoms with van der Waals surface area (Å²) in [7, 11) is 1.59. The van der Waals surface area contributed by atoms with Gasteiger partial charge in [0.25, 0.3) is 5.56 Å². The molecule has 1 saturated heterocycles. The molecule has 0 radical (unpaired) electrons. The Morgan fingerprint density at radius 1 is 1.03 bits per heavy atom. The van der Waals surface area contributed by atoms with Gasteiger partial charge in [-0.25, -0.2) is 0 Å². The Hall–Kier alpha value is -2.74. The van der Waals surface area contributed by atoms with Crippen molar-refractivity contribution in [3.05, 3.63) is 69.1 Å². The van der Waals surface area contributed by atoms with Crippen molar-refractivity contribution < 1.29 is 9.47 Å². The lowest BCUT2D eigenvalue weighted by Crippen LogP contribution is -2.39. The molecule has 7 nitrogen and oxygen atoms in total. The molecule has 0 bridgehead atoms. The number of aryl methyl sites for hydroxylation is 1. The van der Waals surface area contributed by atoms with Gasteiger partial charge >= 0.3 is 0 Å². The smallest absolute Gasteiger partial charge is 0.275 e. The normalized spacial score (nSPS) is 15.3. The number of hydrogen-bond acceptors (Lipinski definition) is 5. The van der Waals surface area contributed by atoms with E-state index in [4.69, 9.17) is 32.7 Å². The average molecular weight is 501 g/mol. The molecule has 1 aliphatic heterocycles. The summed E-state index contributed by atoms with van der Waals surface area (Å²) in [6, 6.07) is 12.8. The number of rotatable bonds is 7. The first-order valence-corrected chi connectivity index (χ1v) is 12.2. The third kappa shape index (κ3) is 4.60. The highest BCUT2D eigenvalue weighted by atomic mass is 35.5. The van der Waals surface area contributed by atoms with Crippen LogP contribution >= 0.6 is 23.2 Å². The number of fused-ring (bicyclic) bond motifs is 3. The number of nitrogens with zero attached hydrogens (tertiary/aromatic N) is 4. The Kier molecular flexibility index (Phi) is 6.68. The summed E-state index contributed by atoms with van der Waals surface area (Å²) in [6.07, 6.45) is 4.79. The highest BCUT2D eigenvalue weighted by Gasteiger charge is 2.21. The van der Waals surface area contributed by atoms with Crippen molar-refractivity contribution in [2.45, 2.75) is 31.9 Å². The van der Waals surface area contributed by atoms with Crippen LogP contribution < -0.4 is 15.0 Å². The van der Waals surface area contributed by atoms with Crippen molar-refractivity contribution in [3.63, 3.8) is 0 Å². The van der Waals surface area contributed by atoms with E-state index in [1.54, 1.807) is 25.3 Å². The van der Waals surface area contributed by atoms with E-state index in [1.807, 2.05) is 39.4 Å². The van der Waals surface area contributed by atoms with Gasteiger partial charge in [-0.15, -0.1) is 0 Å². The summed E-state index contributed by atoms with van der Waals surface area (Å²) < 4.78 is 15.0. The predicted molar refractivity (Wildman–Crippen MR) is 135 cm³/mol. The summed E-state index contributed by atoms with van der Waals surface area (Å²) in [5.74, 6) is 1.28. The molecule has 1 aromatic carbocycles. The lowest BCUT2D eigenvalue weighted by Gasteiger charge is -2.32. The maximum atomic E-state index is 13.1. The molecule has 4 heterocycles. The van der Waals surface area contributed by atoms with Gasteiger partial charge in [0.15, 0.2) is 5.65 Å². The minimum Gasteiger partial charge on any atom is -0.490 e. The molecule has 5 rings (SSSR count). The highest BCUT2D eigenvalue weighted by Crippen LogP contribution is 2.28. The van der Waals surface area contributed by atoms with Gasteiger partial charge in [0, 0.05) is 38.0 Å². The Labute approximate surface area is 207 Å². The number of hydrogen-bond donors (Lipinski definition) is 0. The standard InChI is InChI=1S/C25H26Cl2N4O3/c1-33-23-8-7-21-24(28-23)30-12-2-4-22(30)25(32)31(21)13-3-11-29-14-9-17(10-15-29)34-18-5-6-19(26)20(27)16-18/h2,4-8,12,16-17H,3,9-11,13-15H2,1H3. The molecule has 0 N–H and O–H groups in total. The molecular weight excluding hydrogens is 475 g/mol. The first-order chi connectivity index (χ1) is 16.5. The fourth-order valence-corrected chi connectivity index (χ4v) is 4.87. The van der Waals surface area contributed by atoms with Crippen LogP contribution in [-0.2, 0) is 6.54 Å². The van der Waals surface area contributed by atoms with E-state index in [-0.39, 0.29) is 11.7 Å². The summed E-state index contributed by atoms with van der Waals surface area (Å²) in [5.41, 5.74) is 2.15. The highest BCUT2D eigenvalue weighted by molar-refractivity contribution is 6.42. The van der Waals surface area contributed by atoms with Crippen molar-refractivity contribution in [3.8, 4) is 11.6 Å². The zero-order valence-corrected chi connectivity index (χ0v) is 20.4. The molecule has 0 spiro atoms. The maximum absolute atomic E-state index is 13.1. The number of aromatic nitrogens is 3. The minimum absolute atomic E-state index is 0.00167. The van der Waals surface area contributed by atoms with Crippen LogP contribution in [0.25, 0.3) is 16.7 Å². The van der Waals surface area contributed by atoms with Gasteiger partial charge in [-0.1, -0.05) is 23.2 Å². The van der Waals surface area contributed by atoms with Gasteiger partial charge in [-0.05, 0) is 56.1 Å². The number of piperidine rings is 1. The van der Waals surface area contributed by atoms with E-state index in [0.29, 0.717) is 28.0 Å². The largest absolute Gasteiger partial charge is 0.490 e.